The van der Waals surface area contributed by atoms with Gasteiger partial charge in [-0.15, -0.1) is 0 Å². The van der Waals surface area contributed by atoms with Gasteiger partial charge in [-0.2, -0.15) is 0 Å². The quantitative estimate of drug-likeness (QED) is 0.930. The lowest BCUT2D eigenvalue weighted by Crippen LogP contribution is -2.27. The van der Waals surface area contributed by atoms with E-state index in [-0.39, 0.29) is 11.6 Å². The fraction of sp³-hybridized carbons (Fsp3) is 0.143. The number of hydrogen-bond acceptors (Lipinski definition) is 2. The second kappa shape index (κ2) is 6.20. The first kappa shape index (κ1) is 14.8. The van der Waals surface area contributed by atoms with Gasteiger partial charge in [-0.3, -0.25) is 9.78 Å². The highest BCUT2D eigenvalue weighted by atomic mass is 35.5. The van der Waals surface area contributed by atoms with Crippen LogP contribution in [0.2, 0.25) is 10.0 Å². The highest BCUT2D eigenvalue weighted by Gasteiger charge is 2.16. The summed E-state index contributed by atoms with van der Waals surface area (Å²) in [6.45, 7) is 1.76. The van der Waals surface area contributed by atoms with E-state index in [2.05, 4.69) is 10.3 Å². The number of benzene rings is 1. The van der Waals surface area contributed by atoms with Gasteiger partial charge >= 0.3 is 0 Å². The Labute approximate surface area is 125 Å². The summed E-state index contributed by atoms with van der Waals surface area (Å²) in [6, 6.07) is 5.94. The van der Waals surface area contributed by atoms with Crippen molar-refractivity contribution in [1.29, 1.82) is 0 Å². The fourth-order valence-corrected chi connectivity index (χ4v) is 2.34. The van der Waals surface area contributed by atoms with Gasteiger partial charge in [-0.05, 0) is 30.7 Å². The molecule has 2 rings (SSSR count). The minimum atomic E-state index is -0.667. The normalized spacial score (nSPS) is 12.0. The molecule has 2 aromatic rings. The second-order valence-electron chi connectivity index (χ2n) is 4.22. The monoisotopic (exact) mass is 312 g/mol. The molecule has 0 aliphatic carbocycles. The summed E-state index contributed by atoms with van der Waals surface area (Å²) in [5.74, 6) is -1.19. The zero-order valence-corrected chi connectivity index (χ0v) is 12.0. The van der Waals surface area contributed by atoms with E-state index in [9.17, 15) is 9.18 Å². The van der Waals surface area contributed by atoms with Crippen LogP contribution in [0.25, 0.3) is 0 Å². The molecule has 1 atom stereocenters. The van der Waals surface area contributed by atoms with Crippen LogP contribution < -0.4 is 5.32 Å². The molecule has 1 aromatic heterocycles. The van der Waals surface area contributed by atoms with Crippen LogP contribution in [0.15, 0.2) is 36.7 Å². The minimum absolute atomic E-state index is 0.0584. The number of rotatable bonds is 3. The smallest absolute Gasteiger partial charge is 0.254 e. The Bertz CT molecular complexity index is 649. The molecule has 0 fully saturated rings. The van der Waals surface area contributed by atoms with E-state index in [4.69, 9.17) is 23.2 Å². The van der Waals surface area contributed by atoms with Crippen LogP contribution in [0.4, 0.5) is 4.39 Å². The van der Waals surface area contributed by atoms with Crippen LogP contribution in [-0.4, -0.2) is 10.9 Å². The molecule has 0 radical (unpaired) electrons. The Kier molecular flexibility index (Phi) is 4.57. The molecule has 1 heterocycles. The van der Waals surface area contributed by atoms with Crippen LogP contribution in [-0.2, 0) is 0 Å². The predicted molar refractivity (Wildman–Crippen MR) is 76.5 cm³/mol. The number of halogens is 3. The number of pyridine rings is 1. The SMILES string of the molecule is CC(NC(=O)c1ccncc1F)c1ccc(Cl)cc1Cl. The molecule has 0 saturated heterocycles. The average molecular weight is 313 g/mol. The van der Waals surface area contributed by atoms with E-state index in [1.165, 1.54) is 12.3 Å². The highest BCUT2D eigenvalue weighted by Crippen LogP contribution is 2.26. The molecular formula is C14H11Cl2FN2O. The minimum Gasteiger partial charge on any atom is -0.345 e. The van der Waals surface area contributed by atoms with Crippen LogP contribution in [0.3, 0.4) is 0 Å². The zero-order chi connectivity index (χ0) is 14.7. The number of hydrogen-bond donors (Lipinski definition) is 1. The van der Waals surface area contributed by atoms with E-state index >= 15 is 0 Å². The summed E-state index contributed by atoms with van der Waals surface area (Å²) >= 11 is 11.9. The van der Waals surface area contributed by atoms with Gasteiger partial charge < -0.3 is 5.32 Å². The van der Waals surface area contributed by atoms with E-state index in [1.54, 1.807) is 25.1 Å². The number of aromatic nitrogens is 1. The number of carbonyl (C=O) groups excluding carboxylic acids is 1. The molecule has 104 valence electrons. The summed E-state index contributed by atoms with van der Waals surface area (Å²) in [7, 11) is 0. The summed E-state index contributed by atoms with van der Waals surface area (Å²) in [5.41, 5.74) is 0.649. The van der Waals surface area contributed by atoms with Crippen molar-refractivity contribution >= 4 is 29.1 Å². The van der Waals surface area contributed by atoms with Gasteiger partial charge in [0.25, 0.3) is 5.91 Å². The van der Waals surface area contributed by atoms with Crippen molar-refractivity contribution in [2.45, 2.75) is 13.0 Å². The van der Waals surface area contributed by atoms with Gasteiger partial charge in [0.1, 0.15) is 0 Å². The van der Waals surface area contributed by atoms with Gasteiger partial charge in [0, 0.05) is 16.2 Å². The third kappa shape index (κ3) is 3.26. The highest BCUT2D eigenvalue weighted by molar-refractivity contribution is 6.35. The molecule has 0 aliphatic rings. The molecule has 1 amide bonds. The molecule has 0 bridgehead atoms. The van der Waals surface area contributed by atoms with Crippen LogP contribution in [0.1, 0.15) is 28.9 Å². The lowest BCUT2D eigenvalue weighted by Gasteiger charge is -2.16. The molecule has 6 heteroatoms. The molecule has 3 nitrogen and oxygen atoms in total. The summed E-state index contributed by atoms with van der Waals surface area (Å²) in [4.78, 5) is 15.6. The molecule has 1 aromatic carbocycles. The molecule has 1 unspecified atom stereocenters. The van der Waals surface area contributed by atoms with Gasteiger partial charge in [0.05, 0.1) is 17.8 Å². The van der Waals surface area contributed by atoms with E-state index < -0.39 is 11.7 Å². The van der Waals surface area contributed by atoms with Crippen molar-refractivity contribution in [3.8, 4) is 0 Å². The first-order valence-corrected chi connectivity index (χ1v) is 6.60. The van der Waals surface area contributed by atoms with Crippen LogP contribution in [0, 0.1) is 5.82 Å². The predicted octanol–water partition coefficient (Wildman–Crippen LogP) is 4.02. The zero-order valence-electron chi connectivity index (χ0n) is 10.5. The van der Waals surface area contributed by atoms with Crippen molar-refractivity contribution in [2.24, 2.45) is 0 Å². The summed E-state index contributed by atoms with van der Waals surface area (Å²) in [5, 5.41) is 3.64. The Morgan fingerprint density at radius 1 is 1.35 bits per heavy atom. The number of nitrogens with zero attached hydrogens (tertiary/aromatic N) is 1. The van der Waals surface area contributed by atoms with E-state index in [0.717, 1.165) is 6.20 Å². The number of amides is 1. The van der Waals surface area contributed by atoms with Crippen molar-refractivity contribution in [3.05, 3.63) is 63.6 Å². The van der Waals surface area contributed by atoms with Gasteiger partial charge in [-0.25, -0.2) is 4.39 Å². The van der Waals surface area contributed by atoms with Gasteiger partial charge in [-0.1, -0.05) is 29.3 Å². The molecule has 0 saturated carbocycles. The largest absolute Gasteiger partial charge is 0.345 e. The maximum Gasteiger partial charge on any atom is 0.254 e. The second-order valence-corrected chi connectivity index (χ2v) is 5.06. The Morgan fingerprint density at radius 2 is 2.10 bits per heavy atom. The first-order valence-electron chi connectivity index (χ1n) is 5.84. The van der Waals surface area contributed by atoms with E-state index in [1.807, 2.05) is 0 Å². The number of carbonyl (C=O) groups is 1. The van der Waals surface area contributed by atoms with Gasteiger partial charge in [0.15, 0.2) is 5.82 Å². The van der Waals surface area contributed by atoms with Crippen molar-refractivity contribution in [1.82, 2.24) is 10.3 Å². The topological polar surface area (TPSA) is 42.0 Å². The van der Waals surface area contributed by atoms with Crippen LogP contribution in [0.5, 0.6) is 0 Å². The maximum absolute atomic E-state index is 13.5. The summed E-state index contributed by atoms with van der Waals surface area (Å²) < 4.78 is 13.5. The Morgan fingerprint density at radius 3 is 2.75 bits per heavy atom. The Hall–Kier alpha value is -1.65. The fourth-order valence-electron chi connectivity index (χ4n) is 1.76. The van der Waals surface area contributed by atoms with Crippen molar-refractivity contribution in [2.75, 3.05) is 0 Å². The molecule has 0 spiro atoms. The maximum atomic E-state index is 13.5. The average Bonchev–Trinajstić information content (AvgIpc) is 2.38. The van der Waals surface area contributed by atoms with Crippen molar-refractivity contribution in [3.63, 3.8) is 0 Å². The third-order valence-electron chi connectivity index (χ3n) is 2.79. The molecular weight excluding hydrogens is 302 g/mol. The van der Waals surface area contributed by atoms with E-state index in [0.29, 0.717) is 15.6 Å². The Balaban J connectivity index is 2.17. The third-order valence-corrected chi connectivity index (χ3v) is 3.36. The van der Waals surface area contributed by atoms with Crippen LogP contribution >= 0.6 is 23.2 Å². The first-order chi connectivity index (χ1) is 9.49. The standard InChI is InChI=1S/C14H11Cl2FN2O/c1-8(10-3-2-9(15)6-12(10)16)19-14(20)11-4-5-18-7-13(11)17/h2-8H,1H3,(H,19,20). The lowest BCUT2D eigenvalue weighted by molar-refractivity contribution is 0.0935. The van der Waals surface area contributed by atoms with Gasteiger partial charge in [0.2, 0.25) is 0 Å². The molecule has 0 aliphatic heterocycles. The summed E-state index contributed by atoms with van der Waals surface area (Å²) in [6.07, 6.45) is 2.35. The molecule has 1 N–H and O–H groups in total. The lowest BCUT2D eigenvalue weighted by atomic mass is 10.1. The molecule has 20 heavy (non-hydrogen) atoms. The van der Waals surface area contributed by atoms with Crippen molar-refractivity contribution < 1.29 is 9.18 Å². The number of nitrogens with one attached hydrogen (secondary N) is 1.